The summed E-state index contributed by atoms with van der Waals surface area (Å²) in [6.45, 7) is 4.24. The Balaban J connectivity index is 2.14. The Morgan fingerprint density at radius 1 is 1.27 bits per heavy atom. The third-order valence-corrected chi connectivity index (χ3v) is 4.23. The van der Waals surface area contributed by atoms with Gasteiger partial charge in [-0.15, -0.1) is 0 Å². The van der Waals surface area contributed by atoms with E-state index in [1.807, 2.05) is 24.3 Å². The second kappa shape index (κ2) is 7.54. The smallest absolute Gasteiger partial charge is 0.228 e. The van der Waals surface area contributed by atoms with Crippen LogP contribution in [0, 0.1) is 5.82 Å². The van der Waals surface area contributed by atoms with Gasteiger partial charge in [0, 0.05) is 10.2 Å². The number of amides is 1. The van der Waals surface area contributed by atoms with E-state index in [-0.39, 0.29) is 18.1 Å². The summed E-state index contributed by atoms with van der Waals surface area (Å²) in [4.78, 5) is 12.2. The van der Waals surface area contributed by atoms with Crippen molar-refractivity contribution in [2.75, 3.05) is 5.32 Å². The summed E-state index contributed by atoms with van der Waals surface area (Å²) >= 11 is 3.29. The highest BCUT2D eigenvalue weighted by molar-refractivity contribution is 9.10. The van der Waals surface area contributed by atoms with Crippen LogP contribution in [-0.4, -0.2) is 5.91 Å². The molecule has 0 fully saturated rings. The molecule has 1 amide bonds. The van der Waals surface area contributed by atoms with E-state index in [0.717, 1.165) is 22.1 Å². The summed E-state index contributed by atoms with van der Waals surface area (Å²) in [6, 6.07) is 12.4. The van der Waals surface area contributed by atoms with Gasteiger partial charge in [-0.25, -0.2) is 4.39 Å². The molecule has 2 aromatic carbocycles. The Kier molecular flexibility index (Phi) is 5.72. The summed E-state index contributed by atoms with van der Waals surface area (Å²) in [5.41, 5.74) is 2.29. The van der Waals surface area contributed by atoms with Gasteiger partial charge in [0.1, 0.15) is 5.82 Å². The van der Waals surface area contributed by atoms with E-state index in [0.29, 0.717) is 11.5 Å². The Labute approximate surface area is 138 Å². The molecule has 0 heterocycles. The van der Waals surface area contributed by atoms with Gasteiger partial charge < -0.3 is 5.32 Å². The number of nitrogens with one attached hydrogen (secondary N) is 1. The molecule has 0 saturated carbocycles. The lowest BCUT2D eigenvalue weighted by Gasteiger charge is -2.15. The first-order valence-electron chi connectivity index (χ1n) is 7.34. The number of rotatable bonds is 5. The monoisotopic (exact) mass is 363 g/mol. The number of carbonyl (C=O) groups excluding carboxylic acids is 1. The minimum atomic E-state index is -0.367. The van der Waals surface area contributed by atoms with Crippen LogP contribution >= 0.6 is 15.9 Å². The predicted octanol–water partition coefficient (Wildman–Crippen LogP) is 5.28. The molecule has 0 aliphatic carbocycles. The molecule has 0 aliphatic rings. The first-order chi connectivity index (χ1) is 10.5. The molecule has 2 aromatic rings. The molecule has 0 bridgehead atoms. The summed E-state index contributed by atoms with van der Waals surface area (Å²) in [6.07, 6.45) is 1.01. The minimum Gasteiger partial charge on any atom is -0.326 e. The van der Waals surface area contributed by atoms with Crippen LogP contribution in [0.5, 0.6) is 0 Å². The fourth-order valence-corrected chi connectivity index (χ4v) is 2.72. The number of halogens is 2. The van der Waals surface area contributed by atoms with Crippen molar-refractivity contribution in [1.82, 2.24) is 0 Å². The van der Waals surface area contributed by atoms with Crippen LogP contribution in [-0.2, 0) is 11.2 Å². The zero-order valence-electron chi connectivity index (χ0n) is 12.7. The Bertz CT molecular complexity index is 672. The normalized spacial score (nSPS) is 12.0. The zero-order valence-corrected chi connectivity index (χ0v) is 14.3. The van der Waals surface area contributed by atoms with Crippen LogP contribution in [0.25, 0.3) is 0 Å². The van der Waals surface area contributed by atoms with E-state index in [1.165, 1.54) is 6.07 Å². The van der Waals surface area contributed by atoms with E-state index in [9.17, 15) is 9.18 Å². The molecular formula is C18H19BrFNO. The van der Waals surface area contributed by atoms with Crippen LogP contribution in [0.4, 0.5) is 10.1 Å². The van der Waals surface area contributed by atoms with Gasteiger partial charge in [0.2, 0.25) is 5.91 Å². The fourth-order valence-electron chi connectivity index (χ4n) is 2.31. The number of hydrogen-bond acceptors (Lipinski definition) is 1. The molecule has 2 rings (SSSR count). The van der Waals surface area contributed by atoms with Gasteiger partial charge in [-0.1, -0.05) is 48.0 Å². The van der Waals surface area contributed by atoms with Crippen molar-refractivity contribution < 1.29 is 9.18 Å². The first-order valence-corrected chi connectivity index (χ1v) is 8.13. The molecular weight excluding hydrogens is 345 g/mol. The van der Waals surface area contributed by atoms with Gasteiger partial charge in [-0.05, 0) is 47.7 Å². The van der Waals surface area contributed by atoms with Gasteiger partial charge in [0.15, 0.2) is 0 Å². The van der Waals surface area contributed by atoms with Gasteiger partial charge in [-0.2, -0.15) is 0 Å². The van der Waals surface area contributed by atoms with E-state index in [2.05, 4.69) is 35.1 Å². The van der Waals surface area contributed by atoms with Crippen molar-refractivity contribution in [3.05, 3.63) is 63.9 Å². The van der Waals surface area contributed by atoms with Gasteiger partial charge >= 0.3 is 0 Å². The molecule has 0 aromatic heterocycles. The van der Waals surface area contributed by atoms with Crippen LogP contribution in [0.1, 0.15) is 37.3 Å². The lowest BCUT2D eigenvalue weighted by atomic mass is 9.97. The summed E-state index contributed by atoms with van der Waals surface area (Å²) in [5, 5.41) is 2.90. The SMILES string of the molecule is CCC(C)c1ccccc1NC(=O)Cc1cc(Br)ccc1F. The number of hydrogen-bond donors (Lipinski definition) is 1. The van der Waals surface area contributed by atoms with Crippen molar-refractivity contribution in [3.63, 3.8) is 0 Å². The third kappa shape index (κ3) is 4.17. The van der Waals surface area contributed by atoms with E-state index < -0.39 is 0 Å². The molecule has 116 valence electrons. The molecule has 22 heavy (non-hydrogen) atoms. The van der Waals surface area contributed by atoms with E-state index >= 15 is 0 Å². The average Bonchev–Trinajstić information content (AvgIpc) is 2.50. The topological polar surface area (TPSA) is 29.1 Å². The number of benzene rings is 2. The Hall–Kier alpha value is -1.68. The molecule has 0 radical (unpaired) electrons. The average molecular weight is 364 g/mol. The fraction of sp³-hybridized carbons (Fsp3) is 0.278. The van der Waals surface area contributed by atoms with Gasteiger partial charge in [0.05, 0.1) is 6.42 Å². The standard InChI is InChI=1S/C18H19BrFNO/c1-3-12(2)15-6-4-5-7-17(15)21-18(22)11-13-10-14(19)8-9-16(13)20/h4-10,12H,3,11H2,1-2H3,(H,21,22). The molecule has 1 N–H and O–H groups in total. The molecule has 0 aliphatic heterocycles. The van der Waals surface area contributed by atoms with Crippen LogP contribution in [0.3, 0.4) is 0 Å². The summed E-state index contributed by atoms with van der Waals surface area (Å²) in [5.74, 6) is -0.222. The lowest BCUT2D eigenvalue weighted by molar-refractivity contribution is -0.115. The third-order valence-electron chi connectivity index (χ3n) is 3.74. The van der Waals surface area contributed by atoms with Crippen molar-refractivity contribution in [2.45, 2.75) is 32.6 Å². The molecule has 1 unspecified atom stereocenters. The van der Waals surface area contributed by atoms with E-state index in [1.54, 1.807) is 12.1 Å². The highest BCUT2D eigenvalue weighted by atomic mass is 79.9. The van der Waals surface area contributed by atoms with Crippen molar-refractivity contribution in [1.29, 1.82) is 0 Å². The zero-order chi connectivity index (χ0) is 16.1. The predicted molar refractivity (Wildman–Crippen MR) is 91.6 cm³/mol. The van der Waals surface area contributed by atoms with Crippen molar-refractivity contribution >= 4 is 27.5 Å². The Morgan fingerprint density at radius 2 is 2.00 bits per heavy atom. The van der Waals surface area contributed by atoms with Crippen LogP contribution in [0.2, 0.25) is 0 Å². The lowest BCUT2D eigenvalue weighted by Crippen LogP contribution is -2.16. The highest BCUT2D eigenvalue weighted by Crippen LogP contribution is 2.26. The van der Waals surface area contributed by atoms with Gasteiger partial charge in [0.25, 0.3) is 0 Å². The number of para-hydroxylation sites is 1. The second-order valence-electron chi connectivity index (χ2n) is 5.36. The van der Waals surface area contributed by atoms with Crippen LogP contribution < -0.4 is 5.32 Å². The van der Waals surface area contributed by atoms with Crippen LogP contribution in [0.15, 0.2) is 46.9 Å². The number of carbonyl (C=O) groups is 1. The summed E-state index contributed by atoms with van der Waals surface area (Å²) < 4.78 is 14.5. The van der Waals surface area contributed by atoms with Gasteiger partial charge in [-0.3, -0.25) is 4.79 Å². The van der Waals surface area contributed by atoms with Crippen molar-refractivity contribution in [3.8, 4) is 0 Å². The van der Waals surface area contributed by atoms with Crippen molar-refractivity contribution in [2.24, 2.45) is 0 Å². The summed E-state index contributed by atoms with van der Waals surface area (Å²) in [7, 11) is 0. The maximum atomic E-state index is 13.7. The minimum absolute atomic E-state index is 0.0140. The van der Waals surface area contributed by atoms with E-state index in [4.69, 9.17) is 0 Å². The molecule has 0 spiro atoms. The second-order valence-corrected chi connectivity index (χ2v) is 6.27. The number of anilines is 1. The molecule has 2 nitrogen and oxygen atoms in total. The Morgan fingerprint density at radius 3 is 2.73 bits per heavy atom. The quantitative estimate of drug-likeness (QED) is 0.768. The maximum Gasteiger partial charge on any atom is 0.228 e. The highest BCUT2D eigenvalue weighted by Gasteiger charge is 2.13. The molecule has 0 saturated heterocycles. The molecule has 4 heteroatoms. The first kappa shape index (κ1) is 16.7. The maximum absolute atomic E-state index is 13.7. The molecule has 1 atom stereocenters. The largest absolute Gasteiger partial charge is 0.326 e.